The first-order valence-electron chi connectivity index (χ1n) is 18.4. The van der Waals surface area contributed by atoms with Gasteiger partial charge in [-0.3, -0.25) is 9.80 Å². The van der Waals surface area contributed by atoms with Gasteiger partial charge in [0, 0.05) is 18.2 Å². The zero-order valence-corrected chi connectivity index (χ0v) is 31.5. The summed E-state index contributed by atoms with van der Waals surface area (Å²) in [7, 11) is 0. The van der Waals surface area contributed by atoms with Crippen LogP contribution in [0.4, 0.5) is 9.59 Å². The third-order valence-electron chi connectivity index (χ3n) is 9.91. The fourth-order valence-corrected chi connectivity index (χ4v) is 7.44. The predicted octanol–water partition coefficient (Wildman–Crippen LogP) is 10.1. The van der Waals surface area contributed by atoms with Crippen LogP contribution in [-0.4, -0.2) is 65.7 Å². The number of carbonyl (C=O) groups is 2. The van der Waals surface area contributed by atoms with Crippen LogP contribution in [0.15, 0.2) is 73.1 Å². The highest BCUT2D eigenvalue weighted by Crippen LogP contribution is 2.38. The maximum atomic E-state index is 13.0. The topological polar surface area (TPSA) is 116 Å². The lowest BCUT2D eigenvalue weighted by Gasteiger charge is -2.30. The molecule has 0 aliphatic carbocycles. The quantitative estimate of drug-likeness (QED) is 0.188. The number of ether oxygens (including phenoxy) is 2. The van der Waals surface area contributed by atoms with Crippen molar-refractivity contribution in [3.05, 3.63) is 84.7 Å². The van der Waals surface area contributed by atoms with E-state index in [-0.39, 0.29) is 30.3 Å². The number of hydrogen-bond acceptors (Lipinski definition) is 6. The number of fused-ring (bicyclic) bond motifs is 1. The van der Waals surface area contributed by atoms with Gasteiger partial charge in [0.05, 0.1) is 35.9 Å². The smallest absolute Gasteiger partial charge is 0.411 e. The molecule has 2 fully saturated rings. The number of imidazole rings is 2. The van der Waals surface area contributed by atoms with Crippen molar-refractivity contribution in [3.63, 3.8) is 0 Å². The summed E-state index contributed by atoms with van der Waals surface area (Å²) in [6.45, 7) is 16.2. The molecule has 5 aromatic rings. The lowest BCUT2D eigenvalue weighted by molar-refractivity contribution is 0.0150. The minimum Gasteiger partial charge on any atom is -0.444 e. The van der Waals surface area contributed by atoms with E-state index in [2.05, 4.69) is 84.5 Å². The molecule has 3 aromatic carbocycles. The molecule has 2 N–H and O–H groups in total. The largest absolute Gasteiger partial charge is 0.444 e. The Morgan fingerprint density at radius 1 is 0.673 bits per heavy atom. The Hall–Kier alpha value is -5.12. The van der Waals surface area contributed by atoms with E-state index in [1.165, 1.54) is 0 Å². The number of aromatic nitrogens is 4. The number of rotatable bonds is 5. The molecular formula is C42H50N6O4. The van der Waals surface area contributed by atoms with Gasteiger partial charge in [-0.25, -0.2) is 19.6 Å². The summed E-state index contributed by atoms with van der Waals surface area (Å²) in [5, 5.41) is 2.27. The Labute approximate surface area is 305 Å². The molecule has 4 heterocycles. The Bertz CT molecular complexity index is 2090. The number of amides is 2. The summed E-state index contributed by atoms with van der Waals surface area (Å²) in [5.74, 6) is 1.93. The van der Waals surface area contributed by atoms with Crippen molar-refractivity contribution in [2.45, 2.75) is 104 Å². The highest BCUT2D eigenvalue weighted by atomic mass is 16.6. The fourth-order valence-electron chi connectivity index (χ4n) is 7.44. The van der Waals surface area contributed by atoms with Crippen LogP contribution in [0.3, 0.4) is 0 Å². The fraction of sp³-hybridized carbons (Fsp3) is 0.429. The molecule has 2 aliphatic heterocycles. The Morgan fingerprint density at radius 3 is 1.83 bits per heavy atom. The number of carbonyl (C=O) groups excluding carboxylic acids is 2. The van der Waals surface area contributed by atoms with Gasteiger partial charge in [0.2, 0.25) is 0 Å². The van der Waals surface area contributed by atoms with Crippen LogP contribution < -0.4 is 0 Å². The standard InChI is InChI=1S/C42H50N6O4/c1-25-19-36(47(24-25)39(49)51-41(3,4)5)38-44-22-33(45-38)28-12-10-27(11-13-28)29-14-15-31-21-32(17-16-30(31)20-29)34-23-43-37(46-34)35-18-9-26(2)48(35)40(50)52-42(6,7)8/h10-17,20-23,25-26,35-36H,9,18-19,24H2,1-8H3,(H,43,46)(H,44,45)/t25?,26?,35-,36-/m0/s1. The zero-order chi connectivity index (χ0) is 36.9. The number of hydrogen-bond donors (Lipinski definition) is 2. The van der Waals surface area contributed by atoms with Crippen LogP contribution in [0, 0.1) is 5.92 Å². The molecular weight excluding hydrogens is 653 g/mol. The average Bonchev–Trinajstić information content (AvgIpc) is 3.89. The van der Waals surface area contributed by atoms with Crippen LogP contribution in [0.2, 0.25) is 0 Å². The normalized spacial score (nSPS) is 20.8. The summed E-state index contributed by atoms with van der Waals surface area (Å²) in [5.41, 5.74) is 5.05. The summed E-state index contributed by atoms with van der Waals surface area (Å²) in [6, 6.07) is 21.2. The second-order valence-electron chi connectivity index (χ2n) is 16.5. The third kappa shape index (κ3) is 7.43. The van der Waals surface area contributed by atoms with Crippen molar-refractivity contribution < 1.29 is 19.1 Å². The minimum atomic E-state index is -0.555. The van der Waals surface area contributed by atoms with E-state index in [1.807, 2.05) is 58.8 Å². The number of likely N-dealkylation sites (tertiary alicyclic amines) is 2. The number of aromatic amines is 2. The van der Waals surface area contributed by atoms with Gasteiger partial charge in [0.25, 0.3) is 0 Å². The molecule has 10 heteroatoms. The molecule has 0 spiro atoms. The molecule has 2 aliphatic rings. The number of H-pyrrole nitrogens is 2. The number of benzene rings is 3. The van der Waals surface area contributed by atoms with Gasteiger partial charge >= 0.3 is 12.2 Å². The van der Waals surface area contributed by atoms with E-state index < -0.39 is 11.2 Å². The van der Waals surface area contributed by atoms with Gasteiger partial charge in [-0.1, -0.05) is 55.5 Å². The Morgan fingerprint density at radius 2 is 1.19 bits per heavy atom. The van der Waals surface area contributed by atoms with Crippen LogP contribution in [0.1, 0.15) is 98.4 Å². The van der Waals surface area contributed by atoms with Crippen LogP contribution >= 0.6 is 0 Å². The molecule has 0 radical (unpaired) electrons. The molecule has 10 nitrogen and oxygen atoms in total. The highest BCUT2D eigenvalue weighted by molar-refractivity contribution is 5.90. The van der Waals surface area contributed by atoms with Gasteiger partial charge in [0.15, 0.2) is 0 Å². The van der Waals surface area contributed by atoms with Gasteiger partial charge in [0.1, 0.15) is 22.9 Å². The SMILES string of the molecule is CC1C[C@@H](c2ncc(-c3ccc(-c4ccc5cc(-c6cnc([C@@H]7CCC(C)N7C(=O)OC(C)(C)C)[nH]6)ccc5c4)cc3)[nH]2)N(C(=O)OC(C)(C)C)C1. The van der Waals surface area contributed by atoms with Gasteiger partial charge < -0.3 is 19.4 Å². The van der Waals surface area contributed by atoms with E-state index in [4.69, 9.17) is 19.4 Å². The Kier molecular flexibility index (Phi) is 9.13. The molecule has 7 rings (SSSR count). The molecule has 52 heavy (non-hydrogen) atoms. The molecule has 272 valence electrons. The number of nitrogens with one attached hydrogen (secondary N) is 2. The second kappa shape index (κ2) is 13.5. The molecule has 2 saturated heterocycles. The monoisotopic (exact) mass is 702 g/mol. The molecule has 4 atom stereocenters. The van der Waals surface area contributed by atoms with Gasteiger partial charge in [-0.05, 0) is 113 Å². The van der Waals surface area contributed by atoms with Gasteiger partial charge in [-0.2, -0.15) is 0 Å². The van der Waals surface area contributed by atoms with Crippen molar-refractivity contribution >= 4 is 23.0 Å². The van der Waals surface area contributed by atoms with E-state index in [0.717, 1.165) is 75.3 Å². The van der Waals surface area contributed by atoms with Crippen molar-refractivity contribution in [3.8, 4) is 33.6 Å². The molecule has 2 unspecified atom stereocenters. The molecule has 2 amide bonds. The van der Waals surface area contributed by atoms with Crippen molar-refractivity contribution in [2.24, 2.45) is 5.92 Å². The van der Waals surface area contributed by atoms with E-state index in [0.29, 0.717) is 12.5 Å². The first-order valence-corrected chi connectivity index (χ1v) is 18.4. The van der Waals surface area contributed by atoms with E-state index in [1.54, 1.807) is 4.90 Å². The van der Waals surface area contributed by atoms with E-state index in [9.17, 15) is 9.59 Å². The summed E-state index contributed by atoms with van der Waals surface area (Å²) < 4.78 is 11.4. The van der Waals surface area contributed by atoms with Crippen LogP contribution in [-0.2, 0) is 9.47 Å². The van der Waals surface area contributed by atoms with E-state index >= 15 is 0 Å². The second-order valence-corrected chi connectivity index (χ2v) is 16.5. The van der Waals surface area contributed by atoms with Crippen LogP contribution in [0.25, 0.3) is 44.4 Å². The maximum absolute atomic E-state index is 13.0. The predicted molar refractivity (Wildman–Crippen MR) is 204 cm³/mol. The zero-order valence-electron chi connectivity index (χ0n) is 31.5. The molecule has 0 saturated carbocycles. The first-order chi connectivity index (χ1) is 24.6. The summed E-state index contributed by atoms with van der Waals surface area (Å²) in [4.78, 5) is 46.0. The lowest BCUT2D eigenvalue weighted by Crippen LogP contribution is -2.40. The summed E-state index contributed by atoms with van der Waals surface area (Å²) >= 11 is 0. The van der Waals surface area contributed by atoms with Crippen molar-refractivity contribution in [1.29, 1.82) is 0 Å². The molecule has 2 aromatic heterocycles. The minimum absolute atomic E-state index is 0.0853. The van der Waals surface area contributed by atoms with Crippen molar-refractivity contribution in [2.75, 3.05) is 6.54 Å². The van der Waals surface area contributed by atoms with Crippen LogP contribution in [0.5, 0.6) is 0 Å². The highest BCUT2D eigenvalue weighted by Gasteiger charge is 2.40. The average molecular weight is 703 g/mol. The lowest BCUT2D eigenvalue weighted by atomic mass is 9.98. The first kappa shape index (κ1) is 35.3. The maximum Gasteiger partial charge on any atom is 0.411 e. The summed E-state index contributed by atoms with van der Waals surface area (Å²) in [6.07, 6.45) is 5.69. The van der Waals surface area contributed by atoms with Crippen molar-refractivity contribution in [1.82, 2.24) is 29.7 Å². The third-order valence-corrected chi connectivity index (χ3v) is 9.91. The Balaban J connectivity index is 1.05. The number of nitrogens with zero attached hydrogens (tertiary/aromatic N) is 4. The molecule has 0 bridgehead atoms. The van der Waals surface area contributed by atoms with Gasteiger partial charge in [-0.15, -0.1) is 0 Å².